The number of imidazole rings is 1. The molecule has 2 N–H and O–H groups in total. The largest absolute Gasteiger partial charge is 0.361 e. The number of nitrogens with one attached hydrogen (secondary N) is 2. The highest BCUT2D eigenvalue weighted by atomic mass is 16.5. The Morgan fingerprint density at radius 1 is 1.21 bits per heavy atom. The van der Waals surface area contributed by atoms with Gasteiger partial charge >= 0.3 is 0 Å². The molecule has 0 unspecified atom stereocenters. The normalized spacial score (nSPS) is 29.4. The van der Waals surface area contributed by atoms with E-state index in [1.807, 2.05) is 12.1 Å². The summed E-state index contributed by atoms with van der Waals surface area (Å²) in [7, 11) is 0. The van der Waals surface area contributed by atoms with Gasteiger partial charge in [0.25, 0.3) is 5.91 Å². The summed E-state index contributed by atoms with van der Waals surface area (Å²) in [4.78, 5) is 19.7. The molecule has 2 aromatic rings. The minimum absolute atomic E-state index is 0.137. The number of benzene rings is 1. The lowest BCUT2D eigenvalue weighted by molar-refractivity contribution is -0.112. The molecule has 5 rings (SSSR count). The third-order valence-electron chi connectivity index (χ3n) is 7.55. The standard InChI is InChI=1S/C28H32N4O2/c1-26(2)9-7-18(8-10-26)22-13-19(20-14-27(3)11-12-28(4,15-20)34-27)5-6-23(22)32-25(33)24-30-17-21(16-29)31-24/h5-7,11-13,17,20H,8-10,14-15H2,1-4H3,(H,30,31)(H,32,33)/t20-,27-,28+. The minimum atomic E-state index is -0.347. The van der Waals surface area contributed by atoms with E-state index in [9.17, 15) is 4.79 Å². The first-order chi connectivity index (χ1) is 16.1. The van der Waals surface area contributed by atoms with E-state index in [0.717, 1.165) is 43.4 Å². The van der Waals surface area contributed by atoms with E-state index in [-0.39, 0.29) is 28.6 Å². The monoisotopic (exact) mass is 456 g/mol. The Kier molecular flexibility index (Phi) is 5.29. The molecule has 6 heteroatoms. The van der Waals surface area contributed by atoms with Gasteiger partial charge in [-0.05, 0) is 80.6 Å². The van der Waals surface area contributed by atoms with Crippen LogP contribution in [0.4, 0.5) is 5.69 Å². The number of carbonyl (C=O) groups is 1. The topological polar surface area (TPSA) is 90.8 Å². The molecule has 3 heterocycles. The minimum Gasteiger partial charge on any atom is -0.361 e. The number of ether oxygens (including phenoxy) is 1. The molecule has 1 aliphatic carbocycles. The number of fused-ring (bicyclic) bond motifs is 2. The number of amides is 1. The SMILES string of the molecule is CC1(C)CC=C(c2cc([C@H]3C[C@]4(C)C=C[C@](C)(C3)O4)ccc2NC(=O)c2nc(C#N)c[nH]2)CC1. The lowest BCUT2D eigenvalue weighted by Gasteiger charge is -2.41. The van der Waals surface area contributed by atoms with Gasteiger partial charge in [-0.3, -0.25) is 4.79 Å². The van der Waals surface area contributed by atoms with Crippen molar-refractivity contribution in [3.05, 3.63) is 65.3 Å². The lowest BCUT2D eigenvalue weighted by Crippen LogP contribution is -2.40. The summed E-state index contributed by atoms with van der Waals surface area (Å²) in [5.41, 5.74) is 4.46. The summed E-state index contributed by atoms with van der Waals surface area (Å²) in [6.45, 7) is 8.94. The van der Waals surface area contributed by atoms with Crippen LogP contribution in [-0.4, -0.2) is 27.1 Å². The zero-order valence-corrected chi connectivity index (χ0v) is 20.4. The van der Waals surface area contributed by atoms with Crippen LogP contribution in [0.3, 0.4) is 0 Å². The molecule has 0 spiro atoms. The van der Waals surface area contributed by atoms with E-state index < -0.39 is 0 Å². The molecule has 0 radical (unpaired) electrons. The molecule has 176 valence electrons. The van der Waals surface area contributed by atoms with Crippen molar-refractivity contribution in [3.8, 4) is 6.07 Å². The van der Waals surface area contributed by atoms with Gasteiger partial charge < -0.3 is 15.0 Å². The fraction of sp³-hybridized carbons (Fsp3) is 0.464. The van der Waals surface area contributed by atoms with Crippen LogP contribution in [0.2, 0.25) is 0 Å². The number of carbonyl (C=O) groups excluding carboxylic acids is 1. The van der Waals surface area contributed by atoms with E-state index in [4.69, 9.17) is 10.00 Å². The fourth-order valence-electron chi connectivity index (χ4n) is 5.65. The molecule has 3 atom stereocenters. The summed E-state index contributed by atoms with van der Waals surface area (Å²) in [6, 6.07) is 8.38. The van der Waals surface area contributed by atoms with Crippen LogP contribution >= 0.6 is 0 Å². The van der Waals surface area contributed by atoms with Crippen molar-refractivity contribution in [2.45, 2.75) is 76.9 Å². The summed E-state index contributed by atoms with van der Waals surface area (Å²) >= 11 is 0. The molecule has 1 aromatic carbocycles. The second-order valence-corrected chi connectivity index (χ2v) is 11.3. The van der Waals surface area contributed by atoms with Crippen molar-refractivity contribution < 1.29 is 9.53 Å². The Morgan fingerprint density at radius 2 is 1.94 bits per heavy atom. The Bertz CT molecular complexity index is 1230. The molecule has 1 amide bonds. The number of aromatic amines is 1. The van der Waals surface area contributed by atoms with Crippen LogP contribution in [0.1, 0.15) is 93.2 Å². The number of H-pyrrole nitrogens is 1. The lowest BCUT2D eigenvalue weighted by atomic mass is 9.75. The van der Waals surface area contributed by atoms with Gasteiger partial charge in [-0.2, -0.15) is 5.26 Å². The fourth-order valence-corrected chi connectivity index (χ4v) is 5.65. The average molecular weight is 457 g/mol. The molecule has 1 saturated heterocycles. The van der Waals surface area contributed by atoms with Gasteiger partial charge in [0.2, 0.25) is 0 Å². The number of aromatic nitrogens is 2. The number of allylic oxidation sites excluding steroid dienone is 2. The predicted molar refractivity (Wildman–Crippen MR) is 132 cm³/mol. The highest BCUT2D eigenvalue weighted by molar-refractivity contribution is 6.03. The Labute approximate surface area is 201 Å². The zero-order chi connectivity index (χ0) is 24.1. The van der Waals surface area contributed by atoms with Gasteiger partial charge in [-0.25, -0.2) is 4.98 Å². The first-order valence-corrected chi connectivity index (χ1v) is 12.1. The molecular formula is C28H32N4O2. The Balaban J connectivity index is 1.48. The van der Waals surface area contributed by atoms with Gasteiger partial charge in [0.1, 0.15) is 6.07 Å². The zero-order valence-electron chi connectivity index (χ0n) is 20.4. The van der Waals surface area contributed by atoms with Crippen molar-refractivity contribution >= 4 is 17.2 Å². The van der Waals surface area contributed by atoms with Crippen LogP contribution < -0.4 is 5.32 Å². The summed E-state index contributed by atoms with van der Waals surface area (Å²) < 4.78 is 6.32. The quantitative estimate of drug-likeness (QED) is 0.543. The van der Waals surface area contributed by atoms with Crippen molar-refractivity contribution in [1.29, 1.82) is 5.26 Å². The molecule has 0 saturated carbocycles. The van der Waals surface area contributed by atoms with E-state index >= 15 is 0 Å². The van der Waals surface area contributed by atoms with Crippen molar-refractivity contribution in [2.24, 2.45) is 5.41 Å². The summed E-state index contributed by atoms with van der Waals surface area (Å²) in [5, 5.41) is 12.1. The maximum Gasteiger partial charge on any atom is 0.291 e. The first-order valence-electron chi connectivity index (χ1n) is 12.1. The number of hydrogen-bond donors (Lipinski definition) is 2. The van der Waals surface area contributed by atoms with Crippen molar-refractivity contribution in [2.75, 3.05) is 5.32 Å². The maximum absolute atomic E-state index is 12.9. The Morgan fingerprint density at radius 3 is 2.56 bits per heavy atom. The maximum atomic E-state index is 12.9. The van der Waals surface area contributed by atoms with Crippen molar-refractivity contribution in [3.63, 3.8) is 0 Å². The van der Waals surface area contributed by atoms with E-state index in [1.54, 1.807) is 0 Å². The van der Waals surface area contributed by atoms with Crippen LogP contribution in [0.5, 0.6) is 0 Å². The highest BCUT2D eigenvalue weighted by Gasteiger charge is 2.46. The van der Waals surface area contributed by atoms with Crippen molar-refractivity contribution in [1.82, 2.24) is 9.97 Å². The van der Waals surface area contributed by atoms with Crippen LogP contribution in [0.25, 0.3) is 5.57 Å². The van der Waals surface area contributed by atoms with E-state index in [0.29, 0.717) is 11.3 Å². The number of rotatable bonds is 4. The van der Waals surface area contributed by atoms with Gasteiger partial charge in [0.05, 0.1) is 11.2 Å². The second-order valence-electron chi connectivity index (χ2n) is 11.3. The molecule has 6 nitrogen and oxygen atoms in total. The second kappa shape index (κ2) is 7.95. The van der Waals surface area contributed by atoms with Gasteiger partial charge in [0, 0.05) is 17.4 Å². The highest BCUT2D eigenvalue weighted by Crippen LogP contribution is 2.50. The Hall–Kier alpha value is -3.17. The number of nitrogens with zero attached hydrogens (tertiary/aromatic N) is 2. The number of anilines is 1. The van der Waals surface area contributed by atoms with Gasteiger partial charge in [0.15, 0.2) is 11.5 Å². The predicted octanol–water partition coefficient (Wildman–Crippen LogP) is 6.11. The molecular weight excluding hydrogens is 424 g/mol. The molecule has 1 aromatic heterocycles. The van der Waals surface area contributed by atoms with Gasteiger partial charge in [-0.1, -0.05) is 38.1 Å². The number of hydrogen-bond acceptors (Lipinski definition) is 4. The molecule has 1 fully saturated rings. The van der Waals surface area contributed by atoms with Crippen LogP contribution in [-0.2, 0) is 4.74 Å². The van der Waals surface area contributed by atoms with E-state index in [1.165, 1.54) is 17.3 Å². The van der Waals surface area contributed by atoms with Crippen LogP contribution in [0, 0.1) is 16.7 Å². The average Bonchev–Trinajstić information content (AvgIpc) is 3.35. The molecule has 3 aliphatic rings. The third kappa shape index (κ3) is 4.33. The van der Waals surface area contributed by atoms with Crippen LogP contribution in [0.15, 0.2) is 42.6 Å². The third-order valence-corrected chi connectivity index (χ3v) is 7.55. The molecule has 2 bridgehead atoms. The summed E-state index contributed by atoms with van der Waals surface area (Å²) in [5.74, 6) is 0.171. The molecule has 2 aliphatic heterocycles. The smallest absolute Gasteiger partial charge is 0.291 e. The van der Waals surface area contributed by atoms with Gasteiger partial charge in [-0.15, -0.1) is 0 Å². The number of nitriles is 1. The first kappa shape index (κ1) is 22.6. The van der Waals surface area contributed by atoms with E-state index in [2.05, 4.69) is 73.3 Å². The summed E-state index contributed by atoms with van der Waals surface area (Å²) in [6.07, 6.45) is 13.2. The molecule has 34 heavy (non-hydrogen) atoms.